The molecule has 5 heteroatoms. The van der Waals surface area contributed by atoms with Gasteiger partial charge in [0.2, 0.25) is 17.4 Å². The second-order valence-corrected chi connectivity index (χ2v) is 2.92. The zero-order chi connectivity index (χ0) is 9.56. The molecule has 70 valence electrons. The van der Waals surface area contributed by atoms with Crippen molar-refractivity contribution < 1.29 is 13.7 Å². The Hall–Kier alpha value is -0.840. The first-order valence-electron chi connectivity index (χ1n) is 3.47. The fourth-order valence-corrected chi connectivity index (χ4v) is 0.919. The van der Waals surface area contributed by atoms with Crippen molar-refractivity contribution in [2.24, 2.45) is 5.73 Å². The van der Waals surface area contributed by atoms with Crippen LogP contribution in [0.5, 0.6) is 0 Å². The minimum Gasteiger partial charge on any atom is -0.480 e. The SMILES string of the molecule is CCSO/C(C(C)=O)=C(\N)OC. The van der Waals surface area contributed by atoms with Crippen molar-refractivity contribution in [1.82, 2.24) is 0 Å². The molecule has 0 aromatic heterocycles. The lowest BCUT2D eigenvalue weighted by Crippen LogP contribution is -2.11. The van der Waals surface area contributed by atoms with Crippen LogP contribution in [-0.4, -0.2) is 18.6 Å². The van der Waals surface area contributed by atoms with Gasteiger partial charge >= 0.3 is 0 Å². The lowest BCUT2D eigenvalue weighted by molar-refractivity contribution is -0.115. The van der Waals surface area contributed by atoms with Crippen LogP contribution in [0.25, 0.3) is 0 Å². The van der Waals surface area contributed by atoms with E-state index in [1.54, 1.807) is 0 Å². The van der Waals surface area contributed by atoms with Crippen molar-refractivity contribution in [3.8, 4) is 0 Å². The van der Waals surface area contributed by atoms with Crippen molar-refractivity contribution in [1.29, 1.82) is 0 Å². The summed E-state index contributed by atoms with van der Waals surface area (Å²) in [7, 11) is 1.39. The molecule has 0 heterocycles. The van der Waals surface area contributed by atoms with E-state index in [4.69, 9.17) is 9.92 Å². The Morgan fingerprint density at radius 3 is 2.50 bits per heavy atom. The zero-order valence-corrected chi connectivity index (χ0v) is 8.23. The van der Waals surface area contributed by atoms with Crippen LogP contribution in [0, 0.1) is 0 Å². The predicted molar refractivity (Wildman–Crippen MR) is 48.1 cm³/mol. The minimum atomic E-state index is -0.240. The highest BCUT2D eigenvalue weighted by Gasteiger charge is 2.11. The van der Waals surface area contributed by atoms with E-state index in [1.165, 1.54) is 14.0 Å². The molecule has 0 rings (SSSR count). The van der Waals surface area contributed by atoms with Crippen LogP contribution in [0.3, 0.4) is 0 Å². The van der Waals surface area contributed by atoms with E-state index >= 15 is 0 Å². The molecule has 0 saturated carbocycles. The topological polar surface area (TPSA) is 61.5 Å². The van der Waals surface area contributed by atoms with Gasteiger partial charge in [0.05, 0.1) is 19.2 Å². The summed E-state index contributed by atoms with van der Waals surface area (Å²) in [6, 6.07) is 0. The maximum Gasteiger partial charge on any atom is 0.239 e. The van der Waals surface area contributed by atoms with Crippen LogP contribution >= 0.6 is 12.0 Å². The second kappa shape index (κ2) is 5.77. The molecule has 12 heavy (non-hydrogen) atoms. The third-order valence-corrected chi connectivity index (χ3v) is 1.54. The maximum absolute atomic E-state index is 10.9. The quantitative estimate of drug-likeness (QED) is 0.399. The number of allylic oxidation sites excluding steroid dienone is 1. The van der Waals surface area contributed by atoms with Gasteiger partial charge in [0.1, 0.15) is 0 Å². The van der Waals surface area contributed by atoms with Gasteiger partial charge in [-0.15, -0.1) is 0 Å². The van der Waals surface area contributed by atoms with Crippen LogP contribution < -0.4 is 5.73 Å². The number of ether oxygens (including phenoxy) is 1. The van der Waals surface area contributed by atoms with Crippen LogP contribution in [0.1, 0.15) is 13.8 Å². The van der Waals surface area contributed by atoms with Gasteiger partial charge in [-0.1, -0.05) is 6.92 Å². The first-order valence-corrected chi connectivity index (χ1v) is 4.38. The number of rotatable bonds is 5. The summed E-state index contributed by atoms with van der Waals surface area (Å²) >= 11 is 1.15. The average Bonchev–Trinajstić information content (AvgIpc) is 2.04. The maximum atomic E-state index is 10.9. The molecule has 0 saturated heterocycles. The smallest absolute Gasteiger partial charge is 0.239 e. The highest BCUT2D eigenvalue weighted by atomic mass is 32.2. The molecule has 0 atom stereocenters. The molecule has 0 aliphatic rings. The van der Waals surface area contributed by atoms with Crippen LogP contribution in [0.2, 0.25) is 0 Å². The van der Waals surface area contributed by atoms with E-state index in [1.807, 2.05) is 6.92 Å². The Labute approximate surface area is 76.3 Å². The number of Topliss-reactive ketones (excluding diaryl/α,β-unsaturated/α-hetero) is 1. The van der Waals surface area contributed by atoms with Gasteiger partial charge in [0, 0.05) is 12.7 Å². The summed E-state index contributed by atoms with van der Waals surface area (Å²) in [5.74, 6) is 0.594. The lowest BCUT2D eigenvalue weighted by Gasteiger charge is -2.06. The fraction of sp³-hybridized carbons (Fsp3) is 0.571. The minimum absolute atomic E-state index is 0.0171. The summed E-state index contributed by atoms with van der Waals surface area (Å²) in [4.78, 5) is 10.9. The summed E-state index contributed by atoms with van der Waals surface area (Å²) in [5.41, 5.74) is 5.36. The Morgan fingerprint density at radius 2 is 2.17 bits per heavy atom. The monoisotopic (exact) mass is 191 g/mol. The van der Waals surface area contributed by atoms with Crippen LogP contribution in [0.4, 0.5) is 0 Å². The van der Waals surface area contributed by atoms with Gasteiger partial charge in [-0.05, 0) is 0 Å². The standard InChI is InChI=1S/C7H13NO3S/c1-4-12-11-6(5(2)9)7(8)10-3/h4,8H2,1-3H3/b7-6+. The zero-order valence-electron chi connectivity index (χ0n) is 7.42. The molecule has 0 aromatic carbocycles. The molecule has 2 N–H and O–H groups in total. The Morgan fingerprint density at radius 1 is 1.58 bits per heavy atom. The van der Waals surface area contributed by atoms with Crippen molar-refractivity contribution >= 4 is 17.8 Å². The van der Waals surface area contributed by atoms with E-state index in [-0.39, 0.29) is 17.4 Å². The summed E-state index contributed by atoms with van der Waals surface area (Å²) in [6.07, 6.45) is 0. The number of methoxy groups -OCH3 is 1. The largest absolute Gasteiger partial charge is 0.480 e. The van der Waals surface area contributed by atoms with E-state index in [0.717, 1.165) is 17.8 Å². The molecule has 4 nitrogen and oxygen atoms in total. The Bertz CT molecular complexity index is 191. The van der Waals surface area contributed by atoms with Gasteiger partial charge in [-0.3, -0.25) is 4.79 Å². The Balaban J connectivity index is 4.33. The molecule has 0 unspecified atom stereocenters. The molecule has 0 aliphatic carbocycles. The van der Waals surface area contributed by atoms with Gasteiger partial charge in [0.15, 0.2) is 0 Å². The number of nitrogens with two attached hydrogens (primary N) is 1. The number of ketones is 1. The summed E-state index contributed by atoms with van der Waals surface area (Å²) in [5, 5.41) is 0. The van der Waals surface area contributed by atoms with Gasteiger partial charge in [-0.25, -0.2) is 0 Å². The van der Waals surface area contributed by atoms with E-state index in [0.29, 0.717) is 0 Å². The van der Waals surface area contributed by atoms with Gasteiger partial charge < -0.3 is 14.7 Å². The number of carbonyl (C=O) groups is 1. The first-order chi connectivity index (χ1) is 5.63. The highest BCUT2D eigenvalue weighted by Crippen LogP contribution is 2.13. The Kier molecular flexibility index (Phi) is 5.36. The molecule has 0 spiro atoms. The first kappa shape index (κ1) is 11.2. The average molecular weight is 191 g/mol. The molecule has 0 aromatic rings. The third kappa shape index (κ3) is 3.52. The molecular weight excluding hydrogens is 178 g/mol. The van der Waals surface area contributed by atoms with E-state index in [9.17, 15) is 4.79 Å². The van der Waals surface area contributed by atoms with Crippen LogP contribution in [-0.2, 0) is 13.7 Å². The predicted octanol–water partition coefficient (Wildman–Crippen LogP) is 1.03. The molecular formula is C7H13NO3S. The lowest BCUT2D eigenvalue weighted by atomic mass is 10.4. The number of hydrogen-bond acceptors (Lipinski definition) is 5. The summed E-state index contributed by atoms with van der Waals surface area (Å²) in [6.45, 7) is 3.28. The highest BCUT2D eigenvalue weighted by molar-refractivity contribution is 7.94. The second-order valence-electron chi connectivity index (χ2n) is 1.94. The van der Waals surface area contributed by atoms with Gasteiger partial charge in [0.25, 0.3) is 0 Å². The molecule has 0 amide bonds. The van der Waals surface area contributed by atoms with E-state index in [2.05, 4.69) is 4.74 Å². The third-order valence-electron chi connectivity index (χ3n) is 1.02. The summed E-state index contributed by atoms with van der Waals surface area (Å²) < 4.78 is 9.67. The van der Waals surface area contributed by atoms with Crippen molar-refractivity contribution in [3.63, 3.8) is 0 Å². The van der Waals surface area contributed by atoms with Crippen molar-refractivity contribution in [2.45, 2.75) is 13.8 Å². The molecule has 0 bridgehead atoms. The van der Waals surface area contributed by atoms with Gasteiger partial charge in [-0.2, -0.15) is 0 Å². The normalized spacial score (nSPS) is 11.9. The molecule has 0 fully saturated rings. The number of hydrogen-bond donors (Lipinski definition) is 1. The van der Waals surface area contributed by atoms with E-state index < -0.39 is 0 Å². The fourth-order valence-electron chi connectivity index (χ4n) is 0.484. The van der Waals surface area contributed by atoms with Crippen LogP contribution in [0.15, 0.2) is 11.6 Å². The van der Waals surface area contributed by atoms with Crippen molar-refractivity contribution in [3.05, 3.63) is 11.6 Å². The molecule has 0 radical (unpaired) electrons. The molecule has 0 aliphatic heterocycles. The number of carbonyl (C=O) groups excluding carboxylic acids is 1. The van der Waals surface area contributed by atoms with Crippen molar-refractivity contribution in [2.75, 3.05) is 12.9 Å².